The van der Waals surface area contributed by atoms with Crippen molar-refractivity contribution in [3.63, 3.8) is 0 Å². The van der Waals surface area contributed by atoms with Gasteiger partial charge >= 0.3 is 0 Å². The fraction of sp³-hybridized carbons (Fsp3) is 0. The average molecular weight is 1390 g/mol. The Morgan fingerprint density at radius 1 is 0.164 bits per heavy atom. The molecule has 0 saturated carbocycles. The van der Waals surface area contributed by atoms with E-state index in [1.54, 1.807) is 0 Å². The van der Waals surface area contributed by atoms with Crippen LogP contribution in [0.5, 0.6) is 0 Å². The van der Waals surface area contributed by atoms with Crippen molar-refractivity contribution in [1.29, 1.82) is 0 Å². The zero-order valence-corrected chi connectivity index (χ0v) is 59.6. The predicted molar refractivity (Wildman–Crippen MR) is 468 cm³/mol. The number of anilines is 12. The Labute approximate surface area is 634 Å². The second-order valence-electron chi connectivity index (χ2n) is 30.1. The lowest BCUT2D eigenvalue weighted by Crippen LogP contribution is -2.65. The first-order chi connectivity index (χ1) is 54.7. The van der Waals surface area contributed by atoms with Gasteiger partial charge in [-0.2, -0.15) is 0 Å². The molecule has 6 heterocycles. The van der Waals surface area contributed by atoms with Gasteiger partial charge in [-0.15, -0.1) is 0 Å². The van der Waals surface area contributed by atoms with Gasteiger partial charge in [-0.05, 0) is 167 Å². The Morgan fingerprint density at radius 3 is 0.827 bits per heavy atom. The highest BCUT2D eigenvalue weighted by Crippen LogP contribution is 2.54. The maximum atomic E-state index is 2.67. The molecule has 0 N–H and O–H groups in total. The van der Waals surface area contributed by atoms with Crippen molar-refractivity contribution in [1.82, 2.24) is 9.13 Å². The molecule has 506 valence electrons. The fourth-order valence-corrected chi connectivity index (χ4v) is 20.4. The molecule has 0 aliphatic carbocycles. The summed E-state index contributed by atoms with van der Waals surface area (Å²) in [6.07, 6.45) is 0. The third kappa shape index (κ3) is 8.07. The molecule has 0 unspecified atom stereocenters. The van der Waals surface area contributed by atoms with Crippen molar-refractivity contribution in [2.45, 2.75) is 0 Å². The first-order valence-electron chi connectivity index (χ1n) is 38.3. The minimum Gasteiger partial charge on any atom is -0.311 e. The summed E-state index contributed by atoms with van der Waals surface area (Å²) < 4.78 is 5.30. The summed E-state index contributed by atoms with van der Waals surface area (Å²) in [6.45, 7) is -0.420. The van der Waals surface area contributed by atoms with E-state index in [1.165, 1.54) is 141 Å². The number of hydrogen-bond donors (Lipinski definition) is 0. The van der Waals surface area contributed by atoms with Gasteiger partial charge < -0.3 is 28.7 Å². The van der Waals surface area contributed by atoms with E-state index in [0.29, 0.717) is 0 Å². The molecule has 25 rings (SSSR count). The third-order valence-electron chi connectivity index (χ3n) is 24.7. The number of aromatic nitrogens is 2. The largest absolute Gasteiger partial charge is 0.311 e. The molecule has 0 spiro atoms. The van der Waals surface area contributed by atoms with E-state index in [9.17, 15) is 0 Å². The van der Waals surface area contributed by atoms with E-state index in [-0.39, 0.29) is 13.4 Å². The van der Waals surface area contributed by atoms with Crippen LogP contribution in [-0.4, -0.2) is 22.6 Å². The van der Waals surface area contributed by atoms with Gasteiger partial charge in [0.15, 0.2) is 0 Å². The van der Waals surface area contributed by atoms with Crippen molar-refractivity contribution < 1.29 is 0 Å². The molecule has 0 saturated heterocycles. The van der Waals surface area contributed by atoms with Crippen molar-refractivity contribution in [3.8, 4) is 11.4 Å². The van der Waals surface area contributed by atoms with Gasteiger partial charge in [-0.1, -0.05) is 285 Å². The lowest BCUT2D eigenvalue weighted by atomic mass is 9.30. The normalized spacial score (nSPS) is 13.3. The molecule has 0 amide bonds. The fourth-order valence-electron chi connectivity index (χ4n) is 20.4. The van der Waals surface area contributed by atoms with Gasteiger partial charge in [0.2, 0.25) is 0 Å². The molecule has 4 aliphatic rings. The first kappa shape index (κ1) is 59.9. The molecule has 0 bridgehead atoms. The van der Waals surface area contributed by atoms with Gasteiger partial charge in [0.05, 0.1) is 33.4 Å². The second kappa shape index (κ2) is 22.6. The van der Waals surface area contributed by atoms with Crippen LogP contribution >= 0.6 is 0 Å². The molecule has 19 aromatic carbocycles. The Kier molecular flexibility index (Phi) is 12.3. The Bertz CT molecular complexity index is 7140. The second-order valence-corrected chi connectivity index (χ2v) is 30.1. The van der Waals surface area contributed by atoms with Gasteiger partial charge in [0.1, 0.15) is 0 Å². The van der Waals surface area contributed by atoms with Crippen LogP contribution in [0.15, 0.2) is 376 Å². The Balaban J connectivity index is 0.830. The van der Waals surface area contributed by atoms with Gasteiger partial charge in [0.25, 0.3) is 13.4 Å². The lowest BCUT2D eigenvalue weighted by Gasteiger charge is -2.47. The molecule has 0 fully saturated rings. The predicted octanol–water partition coefficient (Wildman–Crippen LogP) is 23.0. The highest BCUT2D eigenvalue weighted by Gasteiger charge is 2.49. The minimum absolute atomic E-state index is 0.210. The van der Waals surface area contributed by atoms with Crippen LogP contribution in [0, 0.1) is 0 Å². The number of fused-ring (bicyclic) bond motifs is 28. The third-order valence-corrected chi connectivity index (χ3v) is 24.7. The molecule has 6 nitrogen and oxygen atoms in total. The molecule has 110 heavy (non-hydrogen) atoms. The highest BCUT2D eigenvalue weighted by molar-refractivity contribution is 7.03. The Morgan fingerprint density at radius 2 is 0.455 bits per heavy atom. The van der Waals surface area contributed by atoms with Crippen molar-refractivity contribution in [2.75, 3.05) is 19.6 Å². The van der Waals surface area contributed by atoms with Crippen LogP contribution in [0.4, 0.5) is 68.2 Å². The maximum Gasteiger partial charge on any atom is 0.252 e. The maximum absolute atomic E-state index is 2.67. The summed E-state index contributed by atoms with van der Waals surface area (Å²) in [5.74, 6) is 0. The van der Waals surface area contributed by atoms with E-state index >= 15 is 0 Å². The minimum atomic E-state index is -0.210. The van der Waals surface area contributed by atoms with E-state index in [4.69, 9.17) is 0 Å². The number of benzene rings is 19. The van der Waals surface area contributed by atoms with Crippen LogP contribution in [0.3, 0.4) is 0 Å². The number of rotatable bonds is 6. The van der Waals surface area contributed by atoms with Crippen molar-refractivity contribution in [2.24, 2.45) is 0 Å². The van der Waals surface area contributed by atoms with Crippen LogP contribution < -0.4 is 52.4 Å². The van der Waals surface area contributed by atoms with Gasteiger partial charge in [-0.3, -0.25) is 0 Å². The van der Waals surface area contributed by atoms with Crippen LogP contribution in [0.2, 0.25) is 0 Å². The summed E-state index contributed by atoms with van der Waals surface area (Å²) in [5, 5.41) is 19.6. The number of hydrogen-bond acceptors (Lipinski definition) is 4. The molecular weight excluding hydrogens is 1330 g/mol. The molecule has 0 atom stereocenters. The smallest absolute Gasteiger partial charge is 0.252 e. The van der Waals surface area contributed by atoms with E-state index in [2.05, 4.69) is 405 Å². The molecule has 2 aromatic heterocycles. The lowest BCUT2D eigenvalue weighted by molar-refractivity contribution is 1.16. The number of nitrogens with zero attached hydrogens (tertiary/aromatic N) is 6. The summed E-state index contributed by atoms with van der Waals surface area (Å²) in [4.78, 5) is 10.4. The molecule has 8 heteroatoms. The van der Waals surface area contributed by atoms with E-state index < -0.39 is 0 Å². The van der Waals surface area contributed by atoms with Crippen molar-refractivity contribution >= 4 is 223 Å². The van der Waals surface area contributed by atoms with E-state index in [0.717, 1.165) is 79.6 Å². The van der Waals surface area contributed by atoms with Gasteiger partial charge in [-0.25, -0.2) is 0 Å². The van der Waals surface area contributed by atoms with Crippen LogP contribution in [0.1, 0.15) is 0 Å². The molecule has 4 aliphatic heterocycles. The van der Waals surface area contributed by atoms with Crippen LogP contribution in [-0.2, 0) is 0 Å². The van der Waals surface area contributed by atoms with Gasteiger partial charge in [0, 0.05) is 111 Å². The molecule has 21 aromatic rings. The monoisotopic (exact) mass is 1390 g/mol. The summed E-state index contributed by atoms with van der Waals surface area (Å²) in [6, 6.07) is 142. The molecular formula is C102H62B2N6. The average Bonchev–Trinajstić information content (AvgIpc) is 0.992. The number of para-hydroxylation sites is 6. The Hall–Kier alpha value is -14.3. The summed E-state index contributed by atoms with van der Waals surface area (Å²) >= 11 is 0. The molecule has 0 radical (unpaired) electrons. The first-order valence-corrected chi connectivity index (χ1v) is 38.3. The SMILES string of the molecule is c1ccc(N2c3ccccc3B3c4cc5c(cc4N(c4ccccc4)c4cc(-n6c7c8ccccc8ccc7c7c8ccccc8c8ccccc8c76)cc2c43)N(c2ccccc2)c2cc(-n3c4c6ccccc6ccc4c4c6ccccc6c6ccccc6c43)cc3c2B5c2ccccc2N3c2ccccc2)cc1. The summed E-state index contributed by atoms with van der Waals surface area (Å²) in [5.41, 5.74) is 27.9. The quantitative estimate of drug-likeness (QED) is 0.122. The van der Waals surface area contributed by atoms with E-state index in [1.807, 2.05) is 0 Å². The highest BCUT2D eigenvalue weighted by atomic mass is 15.2. The zero-order valence-electron chi connectivity index (χ0n) is 59.6. The summed E-state index contributed by atoms with van der Waals surface area (Å²) in [7, 11) is 0. The van der Waals surface area contributed by atoms with Crippen LogP contribution in [0.25, 0.3) is 120 Å². The zero-order chi connectivity index (χ0) is 71.6. The topological polar surface area (TPSA) is 22.8 Å². The standard InChI is InChI=1S/C102H62B2N6/c1-5-31-65(32-6-1)105-87-51-27-25-49-83(87)103-85-61-86-90(62-89(85)107(67-35-9-3-10-36-67)93-59-69(57-91(105)97(93)103)109-99-71-39-15-13-29-63(71)53-55-81(99)95-77-45-21-17-41-73(77)75-43-19-23-47-79(75)101(95)109)108(68-37-11-4-12-38-68)94-60-70(58-92-98(94)104(86)84-50-26-28-52-88(84)106(92)66-33-7-2-8-34-66)110-100-72-40-16-14-30-64(72)54-56-82(100)96-78-46-22-18-42-74(78)76-44-20-24-48-80(76)102(96)110/h1-62H. The van der Waals surface area contributed by atoms with Crippen molar-refractivity contribution in [3.05, 3.63) is 376 Å².